The van der Waals surface area contributed by atoms with Crippen molar-refractivity contribution >= 4 is 0 Å². The Morgan fingerprint density at radius 1 is 1.31 bits per heavy atom. The molecule has 4 nitrogen and oxygen atoms in total. The van der Waals surface area contributed by atoms with Crippen molar-refractivity contribution in [3.63, 3.8) is 0 Å². The number of hydrogen-bond donors (Lipinski definition) is 0. The van der Waals surface area contributed by atoms with E-state index in [1.165, 1.54) is 18.3 Å². The summed E-state index contributed by atoms with van der Waals surface area (Å²) in [6.07, 6.45) is 1.35. The lowest BCUT2D eigenvalue weighted by molar-refractivity contribution is 0.531. The Bertz CT molecular complexity index is 410. The number of nitrogens with zero attached hydrogens (tertiary/aromatic N) is 3. The smallest absolute Gasteiger partial charge is 0.249 e. The lowest BCUT2D eigenvalue weighted by Gasteiger charge is -1.91. The van der Waals surface area contributed by atoms with Crippen LogP contribution in [0.3, 0.4) is 0 Å². The number of pyridine rings is 1. The third kappa shape index (κ3) is 1.53. The second-order valence-corrected chi connectivity index (χ2v) is 2.50. The molecule has 0 saturated carbocycles. The molecule has 0 spiro atoms. The van der Waals surface area contributed by atoms with E-state index in [0.717, 1.165) is 0 Å². The van der Waals surface area contributed by atoms with Crippen LogP contribution in [-0.4, -0.2) is 15.2 Å². The topological polar surface area (TPSA) is 51.8 Å². The highest BCUT2D eigenvalue weighted by Gasteiger charge is 2.05. The van der Waals surface area contributed by atoms with Gasteiger partial charge in [0.15, 0.2) is 0 Å². The maximum atomic E-state index is 12.4. The minimum absolute atomic E-state index is 0.352. The van der Waals surface area contributed by atoms with Gasteiger partial charge in [0.1, 0.15) is 0 Å². The van der Waals surface area contributed by atoms with Gasteiger partial charge in [-0.25, -0.2) is 4.98 Å². The lowest BCUT2D eigenvalue weighted by atomic mass is 10.3. The number of hydrogen-bond acceptors (Lipinski definition) is 4. The fourth-order valence-electron chi connectivity index (χ4n) is 0.916. The molecule has 13 heavy (non-hydrogen) atoms. The van der Waals surface area contributed by atoms with Crippen LogP contribution in [0.25, 0.3) is 11.5 Å². The summed E-state index contributed by atoms with van der Waals surface area (Å²) in [6, 6.07) is 2.78. The van der Waals surface area contributed by atoms with Crippen molar-refractivity contribution in [1.29, 1.82) is 0 Å². The third-order valence-electron chi connectivity index (χ3n) is 1.50. The van der Waals surface area contributed by atoms with Gasteiger partial charge in [-0.2, -0.15) is 4.39 Å². The molecule has 66 valence electrons. The minimum Gasteiger partial charge on any atom is -0.421 e. The van der Waals surface area contributed by atoms with E-state index in [2.05, 4.69) is 15.2 Å². The van der Waals surface area contributed by atoms with Crippen molar-refractivity contribution in [2.24, 2.45) is 0 Å². The predicted octanol–water partition coefficient (Wildman–Crippen LogP) is 1.58. The van der Waals surface area contributed by atoms with Crippen LogP contribution in [-0.2, 0) is 0 Å². The quantitative estimate of drug-likeness (QED) is 0.623. The number of halogens is 1. The van der Waals surface area contributed by atoms with Crippen molar-refractivity contribution in [2.45, 2.75) is 6.92 Å². The first-order valence-corrected chi connectivity index (χ1v) is 3.68. The Hall–Kier alpha value is -1.78. The first kappa shape index (κ1) is 7.85. The molecule has 0 N–H and O–H groups in total. The normalized spacial score (nSPS) is 10.3. The molecule has 0 amide bonds. The molecule has 0 bridgehead atoms. The summed E-state index contributed by atoms with van der Waals surface area (Å²) in [5.41, 5.74) is 0.613. The molecule has 2 aromatic rings. The van der Waals surface area contributed by atoms with E-state index in [0.29, 0.717) is 17.3 Å². The van der Waals surface area contributed by atoms with Gasteiger partial charge in [-0.05, 0) is 12.1 Å². The molecule has 0 atom stereocenters. The Kier molecular flexibility index (Phi) is 1.77. The van der Waals surface area contributed by atoms with Gasteiger partial charge >= 0.3 is 0 Å². The van der Waals surface area contributed by atoms with Crippen LogP contribution >= 0.6 is 0 Å². The zero-order valence-electron chi connectivity index (χ0n) is 6.86. The zero-order chi connectivity index (χ0) is 9.26. The largest absolute Gasteiger partial charge is 0.421 e. The van der Waals surface area contributed by atoms with E-state index in [4.69, 9.17) is 4.42 Å². The molecule has 2 aromatic heterocycles. The van der Waals surface area contributed by atoms with Crippen LogP contribution in [0.2, 0.25) is 0 Å². The van der Waals surface area contributed by atoms with Crippen LogP contribution in [0.4, 0.5) is 4.39 Å². The molecule has 0 aliphatic rings. The SMILES string of the molecule is Cc1nnc(-c2ccc(F)nc2)o1. The van der Waals surface area contributed by atoms with Gasteiger partial charge in [-0.15, -0.1) is 10.2 Å². The summed E-state index contributed by atoms with van der Waals surface area (Å²) in [4.78, 5) is 3.47. The third-order valence-corrected chi connectivity index (χ3v) is 1.50. The van der Waals surface area contributed by atoms with Gasteiger partial charge in [-0.1, -0.05) is 0 Å². The molecule has 2 heterocycles. The molecule has 0 aliphatic heterocycles. The monoisotopic (exact) mass is 179 g/mol. The fourth-order valence-corrected chi connectivity index (χ4v) is 0.916. The Labute approximate surface area is 73.4 Å². The molecule has 0 radical (unpaired) electrons. The first-order chi connectivity index (χ1) is 6.25. The summed E-state index contributed by atoms with van der Waals surface area (Å²) in [5, 5.41) is 7.41. The first-order valence-electron chi connectivity index (χ1n) is 3.68. The lowest BCUT2D eigenvalue weighted by Crippen LogP contribution is -1.83. The van der Waals surface area contributed by atoms with Gasteiger partial charge in [-0.3, -0.25) is 0 Å². The maximum Gasteiger partial charge on any atom is 0.249 e. The summed E-state index contributed by atoms with van der Waals surface area (Å²) in [7, 11) is 0. The highest BCUT2D eigenvalue weighted by molar-refractivity contribution is 5.49. The van der Waals surface area contributed by atoms with Crippen molar-refractivity contribution < 1.29 is 8.81 Å². The molecule has 2 rings (SSSR count). The Morgan fingerprint density at radius 3 is 2.69 bits per heavy atom. The van der Waals surface area contributed by atoms with Gasteiger partial charge < -0.3 is 4.42 Å². The molecular weight excluding hydrogens is 173 g/mol. The van der Waals surface area contributed by atoms with E-state index >= 15 is 0 Å². The van der Waals surface area contributed by atoms with Gasteiger partial charge in [0, 0.05) is 13.1 Å². The highest BCUT2D eigenvalue weighted by Crippen LogP contribution is 2.15. The molecule has 0 unspecified atom stereocenters. The average molecular weight is 179 g/mol. The van der Waals surface area contributed by atoms with Gasteiger partial charge in [0.05, 0.1) is 5.56 Å². The van der Waals surface area contributed by atoms with Gasteiger partial charge in [0.2, 0.25) is 17.7 Å². The fraction of sp³-hybridized carbons (Fsp3) is 0.125. The number of rotatable bonds is 1. The maximum absolute atomic E-state index is 12.4. The molecule has 0 aliphatic carbocycles. The van der Waals surface area contributed by atoms with Crippen LogP contribution in [0.15, 0.2) is 22.7 Å². The summed E-state index contributed by atoms with van der Waals surface area (Å²) in [5.74, 6) is 0.296. The highest BCUT2D eigenvalue weighted by atomic mass is 19.1. The summed E-state index contributed by atoms with van der Waals surface area (Å²) >= 11 is 0. The van der Waals surface area contributed by atoms with E-state index in [9.17, 15) is 4.39 Å². The van der Waals surface area contributed by atoms with E-state index in [-0.39, 0.29) is 0 Å². The predicted molar refractivity (Wildman–Crippen MR) is 42.2 cm³/mol. The van der Waals surface area contributed by atoms with Crippen LogP contribution in [0.1, 0.15) is 5.89 Å². The molecule has 0 aromatic carbocycles. The molecular formula is C8H6FN3O. The number of aryl methyl sites for hydroxylation is 1. The van der Waals surface area contributed by atoms with Crippen molar-refractivity contribution in [2.75, 3.05) is 0 Å². The standard InChI is InChI=1S/C8H6FN3O/c1-5-11-12-8(13-5)6-2-3-7(9)10-4-6/h2-4H,1H3. The Morgan fingerprint density at radius 2 is 2.15 bits per heavy atom. The second-order valence-electron chi connectivity index (χ2n) is 2.50. The van der Waals surface area contributed by atoms with Crippen LogP contribution in [0.5, 0.6) is 0 Å². The zero-order valence-corrected chi connectivity index (χ0v) is 6.86. The molecule has 5 heteroatoms. The van der Waals surface area contributed by atoms with E-state index in [1.54, 1.807) is 6.92 Å². The van der Waals surface area contributed by atoms with Crippen molar-refractivity contribution in [3.8, 4) is 11.5 Å². The second kappa shape index (κ2) is 2.93. The summed E-state index contributed by atoms with van der Waals surface area (Å²) in [6.45, 7) is 1.69. The Balaban J connectivity index is 2.41. The van der Waals surface area contributed by atoms with E-state index in [1.807, 2.05) is 0 Å². The van der Waals surface area contributed by atoms with Crippen LogP contribution in [0, 0.1) is 12.9 Å². The molecule has 0 saturated heterocycles. The van der Waals surface area contributed by atoms with E-state index < -0.39 is 5.95 Å². The van der Waals surface area contributed by atoms with Crippen LogP contribution < -0.4 is 0 Å². The van der Waals surface area contributed by atoms with Gasteiger partial charge in [0.25, 0.3) is 0 Å². The van der Waals surface area contributed by atoms with Crippen molar-refractivity contribution in [3.05, 3.63) is 30.2 Å². The van der Waals surface area contributed by atoms with Crippen molar-refractivity contribution in [1.82, 2.24) is 15.2 Å². The average Bonchev–Trinajstić information content (AvgIpc) is 2.53. The minimum atomic E-state index is -0.528. The molecule has 0 fully saturated rings. The number of aromatic nitrogens is 3. The summed E-state index contributed by atoms with van der Waals surface area (Å²) < 4.78 is 17.6.